The minimum Gasteiger partial charge on any atom is -0.481 e. The molecule has 0 aromatic heterocycles. The van der Waals surface area contributed by atoms with Gasteiger partial charge in [-0.15, -0.1) is 0 Å². The molecule has 1 saturated heterocycles. The van der Waals surface area contributed by atoms with Crippen molar-refractivity contribution in [3.05, 3.63) is 0 Å². The highest BCUT2D eigenvalue weighted by Gasteiger charge is 2.27. The normalized spacial score (nSPS) is 21.7. The van der Waals surface area contributed by atoms with E-state index in [2.05, 4.69) is 10.2 Å². The molecule has 1 aliphatic heterocycles. The monoisotopic (exact) mass is 228 g/mol. The Morgan fingerprint density at radius 2 is 2.19 bits per heavy atom. The van der Waals surface area contributed by atoms with Gasteiger partial charge >= 0.3 is 5.97 Å². The van der Waals surface area contributed by atoms with E-state index >= 15 is 0 Å². The van der Waals surface area contributed by atoms with Gasteiger partial charge in [-0.2, -0.15) is 0 Å². The zero-order chi connectivity index (χ0) is 12.0. The molecule has 1 atom stereocenters. The van der Waals surface area contributed by atoms with Crippen LogP contribution in [-0.4, -0.2) is 48.1 Å². The second kappa shape index (κ2) is 6.48. The Morgan fingerprint density at radius 1 is 1.44 bits per heavy atom. The summed E-state index contributed by atoms with van der Waals surface area (Å²) in [7, 11) is 1.65. The van der Waals surface area contributed by atoms with Crippen LogP contribution in [0.1, 0.15) is 32.1 Å². The van der Waals surface area contributed by atoms with Crippen molar-refractivity contribution in [1.82, 2.24) is 10.2 Å². The number of piperidine rings is 1. The molecule has 0 bridgehead atoms. The number of carboxylic acids is 1. The third-order valence-electron chi connectivity index (χ3n) is 3.00. The maximum atomic E-state index is 11.6. The SMILES string of the molecule is CNC(=O)C1CCCCN1CCCC(=O)O. The van der Waals surface area contributed by atoms with Gasteiger partial charge in [-0.25, -0.2) is 0 Å². The fourth-order valence-corrected chi connectivity index (χ4v) is 2.16. The molecule has 1 unspecified atom stereocenters. The lowest BCUT2D eigenvalue weighted by molar-refractivity contribution is -0.137. The molecule has 92 valence electrons. The van der Waals surface area contributed by atoms with Crippen LogP contribution in [0.3, 0.4) is 0 Å². The summed E-state index contributed by atoms with van der Waals surface area (Å²) in [5.74, 6) is -0.719. The topological polar surface area (TPSA) is 69.6 Å². The summed E-state index contributed by atoms with van der Waals surface area (Å²) in [5.41, 5.74) is 0. The van der Waals surface area contributed by atoms with E-state index < -0.39 is 5.97 Å². The Labute approximate surface area is 95.8 Å². The number of aliphatic carboxylic acids is 1. The number of likely N-dealkylation sites (N-methyl/N-ethyl adjacent to an activating group) is 1. The van der Waals surface area contributed by atoms with Crippen LogP contribution in [0.4, 0.5) is 0 Å². The third-order valence-corrected chi connectivity index (χ3v) is 3.00. The second-order valence-electron chi connectivity index (χ2n) is 4.16. The van der Waals surface area contributed by atoms with Crippen LogP contribution in [0.2, 0.25) is 0 Å². The Hall–Kier alpha value is -1.10. The van der Waals surface area contributed by atoms with Crippen molar-refractivity contribution in [2.24, 2.45) is 0 Å². The molecule has 1 aliphatic rings. The molecular weight excluding hydrogens is 208 g/mol. The number of nitrogens with zero attached hydrogens (tertiary/aromatic N) is 1. The molecule has 5 heteroatoms. The van der Waals surface area contributed by atoms with Crippen molar-refractivity contribution >= 4 is 11.9 Å². The van der Waals surface area contributed by atoms with Crippen molar-refractivity contribution in [2.75, 3.05) is 20.1 Å². The Morgan fingerprint density at radius 3 is 2.81 bits per heavy atom. The number of hydrogen-bond acceptors (Lipinski definition) is 3. The first kappa shape index (κ1) is 13.0. The molecule has 0 aromatic rings. The van der Waals surface area contributed by atoms with Crippen molar-refractivity contribution < 1.29 is 14.7 Å². The van der Waals surface area contributed by atoms with Crippen LogP contribution in [0, 0.1) is 0 Å². The summed E-state index contributed by atoms with van der Waals surface area (Å²) in [6.45, 7) is 1.60. The summed E-state index contributed by atoms with van der Waals surface area (Å²) in [6.07, 6.45) is 3.85. The summed E-state index contributed by atoms with van der Waals surface area (Å²) < 4.78 is 0. The smallest absolute Gasteiger partial charge is 0.303 e. The van der Waals surface area contributed by atoms with E-state index in [1.54, 1.807) is 7.05 Å². The highest BCUT2D eigenvalue weighted by atomic mass is 16.4. The highest BCUT2D eigenvalue weighted by molar-refractivity contribution is 5.81. The molecule has 1 fully saturated rings. The third kappa shape index (κ3) is 3.81. The molecule has 5 nitrogen and oxygen atoms in total. The largest absolute Gasteiger partial charge is 0.481 e. The van der Waals surface area contributed by atoms with Crippen LogP contribution < -0.4 is 5.32 Å². The number of hydrogen-bond donors (Lipinski definition) is 2. The number of rotatable bonds is 5. The lowest BCUT2D eigenvalue weighted by Gasteiger charge is -2.34. The van der Waals surface area contributed by atoms with Gasteiger partial charge in [-0.1, -0.05) is 6.42 Å². The number of likely N-dealkylation sites (tertiary alicyclic amines) is 1. The predicted molar refractivity (Wildman–Crippen MR) is 60.1 cm³/mol. The maximum Gasteiger partial charge on any atom is 0.303 e. The lowest BCUT2D eigenvalue weighted by Crippen LogP contribution is -2.48. The van der Waals surface area contributed by atoms with Crippen LogP contribution in [0.15, 0.2) is 0 Å². The van der Waals surface area contributed by atoms with Crippen molar-refractivity contribution in [1.29, 1.82) is 0 Å². The van der Waals surface area contributed by atoms with Gasteiger partial charge in [0.25, 0.3) is 0 Å². The quantitative estimate of drug-likeness (QED) is 0.717. The van der Waals surface area contributed by atoms with E-state index in [4.69, 9.17) is 5.11 Å². The minimum atomic E-state index is -0.770. The van der Waals surface area contributed by atoms with Gasteiger partial charge in [0.1, 0.15) is 0 Å². The first-order chi connectivity index (χ1) is 7.65. The standard InChI is InChI=1S/C11H20N2O3/c1-12-11(16)9-5-2-3-7-13(9)8-4-6-10(14)15/h9H,2-8H2,1H3,(H,12,16)(H,14,15). The first-order valence-corrected chi connectivity index (χ1v) is 5.82. The number of nitrogens with one attached hydrogen (secondary N) is 1. The van der Waals surface area contributed by atoms with Crippen molar-refractivity contribution in [2.45, 2.75) is 38.1 Å². The van der Waals surface area contributed by atoms with E-state index in [0.29, 0.717) is 13.0 Å². The molecule has 0 spiro atoms. The van der Waals surface area contributed by atoms with Gasteiger partial charge in [-0.05, 0) is 32.4 Å². The van der Waals surface area contributed by atoms with Crippen LogP contribution >= 0.6 is 0 Å². The molecule has 1 heterocycles. The molecule has 2 N–H and O–H groups in total. The van der Waals surface area contributed by atoms with E-state index in [-0.39, 0.29) is 18.4 Å². The summed E-state index contributed by atoms with van der Waals surface area (Å²) in [4.78, 5) is 24.1. The number of carboxylic acid groups (broad SMARTS) is 1. The molecule has 0 aliphatic carbocycles. The summed E-state index contributed by atoms with van der Waals surface area (Å²) in [5, 5.41) is 11.2. The van der Waals surface area contributed by atoms with Crippen molar-refractivity contribution in [3.63, 3.8) is 0 Å². The van der Waals surface area contributed by atoms with Gasteiger partial charge in [0, 0.05) is 13.5 Å². The molecule has 0 saturated carbocycles. The lowest BCUT2D eigenvalue weighted by atomic mass is 10.0. The van der Waals surface area contributed by atoms with Crippen LogP contribution in [0.5, 0.6) is 0 Å². The first-order valence-electron chi connectivity index (χ1n) is 5.82. The van der Waals surface area contributed by atoms with E-state index in [1.807, 2.05) is 0 Å². The maximum absolute atomic E-state index is 11.6. The Bertz CT molecular complexity index is 256. The zero-order valence-corrected chi connectivity index (χ0v) is 9.74. The molecular formula is C11H20N2O3. The van der Waals surface area contributed by atoms with Gasteiger partial charge in [0.2, 0.25) is 5.91 Å². The van der Waals surface area contributed by atoms with Crippen LogP contribution in [0.25, 0.3) is 0 Å². The Kier molecular flexibility index (Phi) is 5.25. The number of carbonyl (C=O) groups excluding carboxylic acids is 1. The Balaban J connectivity index is 2.40. The predicted octanol–water partition coefficient (Wildman–Crippen LogP) is 0.452. The highest BCUT2D eigenvalue weighted by Crippen LogP contribution is 2.17. The zero-order valence-electron chi connectivity index (χ0n) is 9.74. The molecule has 1 amide bonds. The average Bonchev–Trinajstić information content (AvgIpc) is 2.28. The van der Waals surface area contributed by atoms with Crippen molar-refractivity contribution in [3.8, 4) is 0 Å². The van der Waals surface area contributed by atoms with E-state index in [1.165, 1.54) is 0 Å². The van der Waals surface area contributed by atoms with Gasteiger partial charge < -0.3 is 10.4 Å². The fraction of sp³-hybridized carbons (Fsp3) is 0.818. The van der Waals surface area contributed by atoms with Gasteiger partial charge in [0.15, 0.2) is 0 Å². The van der Waals surface area contributed by atoms with E-state index in [9.17, 15) is 9.59 Å². The van der Waals surface area contributed by atoms with E-state index in [0.717, 1.165) is 25.8 Å². The van der Waals surface area contributed by atoms with Crippen LogP contribution in [-0.2, 0) is 9.59 Å². The molecule has 16 heavy (non-hydrogen) atoms. The number of amides is 1. The molecule has 0 radical (unpaired) electrons. The fourth-order valence-electron chi connectivity index (χ4n) is 2.16. The molecule has 0 aromatic carbocycles. The summed E-state index contributed by atoms with van der Waals surface area (Å²) >= 11 is 0. The minimum absolute atomic E-state index is 0.0509. The average molecular weight is 228 g/mol. The van der Waals surface area contributed by atoms with Gasteiger partial charge in [0.05, 0.1) is 6.04 Å². The van der Waals surface area contributed by atoms with Gasteiger partial charge in [-0.3, -0.25) is 14.5 Å². The second-order valence-corrected chi connectivity index (χ2v) is 4.16. The summed E-state index contributed by atoms with van der Waals surface area (Å²) in [6, 6.07) is -0.0625. The number of carbonyl (C=O) groups is 2. The molecule has 1 rings (SSSR count).